The van der Waals surface area contributed by atoms with Crippen molar-refractivity contribution in [1.82, 2.24) is 19.5 Å². The first-order chi connectivity index (χ1) is 10.1. The molecule has 0 saturated heterocycles. The van der Waals surface area contributed by atoms with Crippen molar-refractivity contribution in [2.24, 2.45) is 0 Å². The van der Waals surface area contributed by atoms with E-state index in [0.717, 1.165) is 46.9 Å². The fraction of sp³-hybridized carbons (Fsp3) is 0.533. The maximum absolute atomic E-state index is 4.73. The van der Waals surface area contributed by atoms with Gasteiger partial charge in [0.2, 0.25) is 0 Å². The molecule has 0 aromatic carbocycles. The zero-order chi connectivity index (χ0) is 15.4. The van der Waals surface area contributed by atoms with E-state index in [4.69, 9.17) is 4.98 Å². The van der Waals surface area contributed by atoms with E-state index in [2.05, 4.69) is 63.5 Å². The first-order valence-electron chi connectivity index (χ1n) is 7.40. The highest BCUT2D eigenvalue weighted by Gasteiger charge is 2.16. The first kappa shape index (κ1) is 15.9. The summed E-state index contributed by atoms with van der Waals surface area (Å²) in [6.45, 7) is 9.29. The van der Waals surface area contributed by atoms with Gasteiger partial charge in [-0.15, -0.1) is 0 Å². The number of aromatic nitrogens is 4. The van der Waals surface area contributed by atoms with Crippen molar-refractivity contribution in [3.8, 4) is 11.5 Å². The third-order valence-corrected chi connectivity index (χ3v) is 4.04. The van der Waals surface area contributed by atoms with Gasteiger partial charge in [-0.05, 0) is 43.1 Å². The molecule has 0 unspecified atom stereocenters. The van der Waals surface area contributed by atoms with Gasteiger partial charge in [0, 0.05) is 12.6 Å². The lowest BCUT2D eigenvalue weighted by Gasteiger charge is -2.14. The quantitative estimate of drug-likeness (QED) is 0.852. The van der Waals surface area contributed by atoms with E-state index in [1.807, 2.05) is 12.5 Å². The molecule has 2 aromatic rings. The molecule has 114 valence electrons. The van der Waals surface area contributed by atoms with Gasteiger partial charge in [0.15, 0.2) is 5.82 Å². The van der Waals surface area contributed by atoms with Crippen LogP contribution in [0, 0.1) is 0 Å². The molecule has 0 aliphatic carbocycles. The molecule has 0 aliphatic heterocycles. The topological polar surface area (TPSA) is 55.6 Å². The van der Waals surface area contributed by atoms with Crippen LogP contribution >= 0.6 is 15.9 Å². The normalized spacial score (nSPS) is 11.1. The van der Waals surface area contributed by atoms with Crippen LogP contribution in [-0.2, 0) is 6.42 Å². The van der Waals surface area contributed by atoms with E-state index >= 15 is 0 Å². The molecule has 2 heterocycles. The third-order valence-electron chi connectivity index (χ3n) is 3.20. The van der Waals surface area contributed by atoms with Crippen LogP contribution in [0.1, 0.15) is 45.9 Å². The standard InChI is InChI=1S/C15H22BrN5/c1-5-7-11-13(16)15(18-6-2)20-14(19-11)12-8-17-9-21(12)10(3)4/h8-10H,5-7H2,1-4H3,(H,18,19,20). The smallest absolute Gasteiger partial charge is 0.180 e. The maximum atomic E-state index is 4.73. The Hall–Kier alpha value is -1.43. The Labute approximate surface area is 134 Å². The molecule has 2 aromatic heterocycles. The number of nitrogens with zero attached hydrogens (tertiary/aromatic N) is 4. The Morgan fingerprint density at radius 3 is 2.67 bits per heavy atom. The summed E-state index contributed by atoms with van der Waals surface area (Å²) in [7, 11) is 0. The van der Waals surface area contributed by atoms with Crippen LogP contribution in [0.4, 0.5) is 5.82 Å². The van der Waals surface area contributed by atoms with Crippen molar-refractivity contribution >= 4 is 21.7 Å². The van der Waals surface area contributed by atoms with Crippen molar-refractivity contribution in [2.45, 2.75) is 46.6 Å². The lowest BCUT2D eigenvalue weighted by Crippen LogP contribution is -2.09. The van der Waals surface area contributed by atoms with Crippen LogP contribution in [0.25, 0.3) is 11.5 Å². The van der Waals surface area contributed by atoms with E-state index in [1.165, 1.54) is 0 Å². The van der Waals surface area contributed by atoms with Gasteiger partial charge in [0.1, 0.15) is 11.5 Å². The number of rotatable bonds is 6. The molecule has 5 nitrogen and oxygen atoms in total. The highest BCUT2D eigenvalue weighted by Crippen LogP contribution is 2.28. The van der Waals surface area contributed by atoms with Crippen LogP contribution in [0.5, 0.6) is 0 Å². The Morgan fingerprint density at radius 2 is 2.05 bits per heavy atom. The summed E-state index contributed by atoms with van der Waals surface area (Å²) < 4.78 is 3.06. The van der Waals surface area contributed by atoms with Gasteiger partial charge in [-0.2, -0.15) is 0 Å². The average Bonchev–Trinajstić information content (AvgIpc) is 2.93. The monoisotopic (exact) mass is 351 g/mol. The summed E-state index contributed by atoms with van der Waals surface area (Å²) in [5.41, 5.74) is 1.99. The number of hydrogen-bond donors (Lipinski definition) is 1. The fourth-order valence-corrected chi connectivity index (χ4v) is 2.70. The van der Waals surface area contributed by atoms with Gasteiger partial charge in [-0.25, -0.2) is 15.0 Å². The van der Waals surface area contributed by atoms with Gasteiger partial charge < -0.3 is 9.88 Å². The molecule has 0 spiro atoms. The molecule has 0 radical (unpaired) electrons. The number of halogens is 1. The van der Waals surface area contributed by atoms with Crippen molar-refractivity contribution in [1.29, 1.82) is 0 Å². The summed E-state index contributed by atoms with van der Waals surface area (Å²) in [5, 5.41) is 3.30. The Morgan fingerprint density at radius 1 is 1.29 bits per heavy atom. The van der Waals surface area contributed by atoms with Crippen LogP contribution < -0.4 is 5.32 Å². The predicted molar refractivity (Wildman–Crippen MR) is 89.5 cm³/mol. The second kappa shape index (κ2) is 7.02. The van der Waals surface area contributed by atoms with Crippen molar-refractivity contribution in [3.05, 3.63) is 22.7 Å². The fourth-order valence-electron chi connectivity index (χ4n) is 2.18. The summed E-state index contributed by atoms with van der Waals surface area (Å²) in [6.07, 6.45) is 5.63. The molecule has 0 amide bonds. The second-order valence-electron chi connectivity index (χ2n) is 5.22. The van der Waals surface area contributed by atoms with Gasteiger partial charge in [-0.1, -0.05) is 13.3 Å². The van der Waals surface area contributed by atoms with E-state index < -0.39 is 0 Å². The van der Waals surface area contributed by atoms with Crippen molar-refractivity contribution in [2.75, 3.05) is 11.9 Å². The Kier molecular flexibility index (Phi) is 5.33. The molecule has 21 heavy (non-hydrogen) atoms. The van der Waals surface area contributed by atoms with Crippen LogP contribution in [0.15, 0.2) is 17.0 Å². The second-order valence-corrected chi connectivity index (χ2v) is 6.01. The van der Waals surface area contributed by atoms with Gasteiger partial charge in [0.05, 0.1) is 22.7 Å². The van der Waals surface area contributed by atoms with E-state index in [-0.39, 0.29) is 0 Å². The average molecular weight is 352 g/mol. The van der Waals surface area contributed by atoms with E-state index in [0.29, 0.717) is 6.04 Å². The summed E-state index contributed by atoms with van der Waals surface area (Å²) >= 11 is 3.62. The van der Waals surface area contributed by atoms with Crippen LogP contribution in [-0.4, -0.2) is 26.1 Å². The molecule has 0 saturated carbocycles. The number of imidazole rings is 1. The molecule has 0 atom stereocenters. The number of anilines is 1. The minimum Gasteiger partial charge on any atom is -0.369 e. The number of nitrogens with one attached hydrogen (secondary N) is 1. The lowest BCUT2D eigenvalue weighted by molar-refractivity contribution is 0.603. The zero-order valence-electron chi connectivity index (χ0n) is 13.0. The SMILES string of the molecule is CCCc1nc(-c2cncn2C(C)C)nc(NCC)c1Br. The predicted octanol–water partition coefficient (Wildman–Crippen LogP) is 4.07. The molecule has 6 heteroatoms. The summed E-state index contributed by atoms with van der Waals surface area (Å²) in [5.74, 6) is 1.58. The highest BCUT2D eigenvalue weighted by molar-refractivity contribution is 9.10. The molecule has 2 rings (SSSR count). The molecule has 0 aliphatic rings. The largest absolute Gasteiger partial charge is 0.369 e. The highest BCUT2D eigenvalue weighted by atomic mass is 79.9. The molecular weight excluding hydrogens is 330 g/mol. The number of hydrogen-bond acceptors (Lipinski definition) is 4. The van der Waals surface area contributed by atoms with Gasteiger partial charge >= 0.3 is 0 Å². The molecule has 0 fully saturated rings. The number of aryl methyl sites for hydroxylation is 1. The van der Waals surface area contributed by atoms with Crippen LogP contribution in [0.3, 0.4) is 0 Å². The summed E-state index contributed by atoms with van der Waals surface area (Å²) in [6, 6.07) is 0.326. The first-order valence-corrected chi connectivity index (χ1v) is 8.20. The molecule has 1 N–H and O–H groups in total. The van der Waals surface area contributed by atoms with E-state index in [9.17, 15) is 0 Å². The molecule has 0 bridgehead atoms. The Balaban J connectivity index is 2.54. The van der Waals surface area contributed by atoms with Crippen molar-refractivity contribution < 1.29 is 0 Å². The minimum absolute atomic E-state index is 0.326. The maximum Gasteiger partial charge on any atom is 0.180 e. The van der Waals surface area contributed by atoms with Gasteiger partial charge in [0.25, 0.3) is 0 Å². The third kappa shape index (κ3) is 3.43. The summed E-state index contributed by atoms with van der Waals surface area (Å²) in [4.78, 5) is 13.6. The van der Waals surface area contributed by atoms with E-state index in [1.54, 1.807) is 0 Å². The minimum atomic E-state index is 0.326. The van der Waals surface area contributed by atoms with Crippen molar-refractivity contribution in [3.63, 3.8) is 0 Å². The van der Waals surface area contributed by atoms with Crippen LogP contribution in [0.2, 0.25) is 0 Å². The molecular formula is C15H22BrN5. The lowest BCUT2D eigenvalue weighted by atomic mass is 10.2. The van der Waals surface area contributed by atoms with Gasteiger partial charge in [-0.3, -0.25) is 0 Å². The zero-order valence-corrected chi connectivity index (χ0v) is 14.6. The Bertz CT molecular complexity index is 579.